The van der Waals surface area contributed by atoms with Gasteiger partial charge < -0.3 is 29.9 Å². The molecule has 1 fully saturated rings. The summed E-state index contributed by atoms with van der Waals surface area (Å²) in [7, 11) is 2.06. The van der Waals surface area contributed by atoms with Gasteiger partial charge in [0.2, 0.25) is 0 Å². The predicted octanol–water partition coefficient (Wildman–Crippen LogP) is 3.24. The van der Waals surface area contributed by atoms with Crippen molar-refractivity contribution < 1.29 is 19.4 Å². The maximum Gasteiger partial charge on any atom is 0.256 e. The topological polar surface area (TPSA) is 97.9 Å². The van der Waals surface area contributed by atoms with E-state index in [-0.39, 0.29) is 25.0 Å². The standard InChI is InChI=1S/C28H30N4O4/c1-18-23(28(35)32-11-9-31(2)10-12-32)17-29-25(18)16-22-26-21(7-4-8-24(26)30-27(22)34)19-5-3-6-20(15-19)36-14-13-33/h3-8,15-17,29,33H,9-14H2,1-2H3,(H,30,34)/b22-16-. The van der Waals surface area contributed by atoms with Crippen molar-refractivity contribution in [2.75, 3.05) is 51.8 Å². The molecule has 0 atom stereocenters. The molecule has 0 saturated carbocycles. The Balaban J connectivity index is 1.49. The zero-order chi connectivity index (χ0) is 25.2. The van der Waals surface area contributed by atoms with Gasteiger partial charge in [0, 0.05) is 49.3 Å². The fourth-order valence-corrected chi connectivity index (χ4v) is 4.75. The van der Waals surface area contributed by atoms with E-state index in [9.17, 15) is 9.59 Å². The number of likely N-dealkylation sites (N-methyl/N-ethyl adjacent to an activating group) is 1. The molecule has 0 unspecified atom stereocenters. The summed E-state index contributed by atoms with van der Waals surface area (Å²) in [6.45, 7) is 5.19. The van der Waals surface area contributed by atoms with Crippen LogP contribution in [0.4, 0.5) is 5.69 Å². The second kappa shape index (κ2) is 10.0. The number of H-pyrrole nitrogens is 1. The van der Waals surface area contributed by atoms with E-state index in [2.05, 4.69) is 22.2 Å². The molecule has 0 aliphatic carbocycles. The van der Waals surface area contributed by atoms with Crippen LogP contribution in [0.5, 0.6) is 5.75 Å². The number of fused-ring (bicyclic) bond motifs is 1. The maximum atomic E-state index is 13.1. The second-order valence-corrected chi connectivity index (χ2v) is 9.18. The zero-order valence-electron chi connectivity index (χ0n) is 20.5. The number of aromatic amines is 1. The zero-order valence-corrected chi connectivity index (χ0v) is 20.5. The lowest BCUT2D eigenvalue weighted by atomic mass is 9.94. The summed E-state index contributed by atoms with van der Waals surface area (Å²) in [5, 5.41) is 12.0. The number of nitrogens with zero attached hydrogens (tertiary/aromatic N) is 2. The Hall–Kier alpha value is -3.88. The van der Waals surface area contributed by atoms with Crippen LogP contribution in [-0.4, -0.2) is 78.1 Å². The molecule has 2 aliphatic rings. The molecule has 8 heteroatoms. The highest BCUT2D eigenvalue weighted by atomic mass is 16.5. The fourth-order valence-electron chi connectivity index (χ4n) is 4.75. The number of aliphatic hydroxyl groups is 1. The maximum absolute atomic E-state index is 13.1. The number of benzene rings is 2. The van der Waals surface area contributed by atoms with Crippen LogP contribution < -0.4 is 10.1 Å². The molecule has 3 aromatic rings. The number of rotatable bonds is 6. The van der Waals surface area contributed by atoms with Crippen molar-refractivity contribution in [1.29, 1.82) is 0 Å². The van der Waals surface area contributed by atoms with E-state index < -0.39 is 0 Å². The molecular formula is C28H30N4O4. The van der Waals surface area contributed by atoms with Gasteiger partial charge in [-0.3, -0.25) is 9.59 Å². The summed E-state index contributed by atoms with van der Waals surface area (Å²) in [5.74, 6) is 0.471. The van der Waals surface area contributed by atoms with Gasteiger partial charge in [0.25, 0.3) is 11.8 Å². The molecule has 5 rings (SSSR count). The lowest BCUT2D eigenvalue weighted by molar-refractivity contribution is -0.110. The highest BCUT2D eigenvalue weighted by Crippen LogP contribution is 2.41. The summed E-state index contributed by atoms with van der Waals surface area (Å²) in [6, 6.07) is 13.4. The van der Waals surface area contributed by atoms with Crippen LogP contribution in [0.2, 0.25) is 0 Å². The van der Waals surface area contributed by atoms with E-state index in [1.165, 1.54) is 0 Å². The van der Waals surface area contributed by atoms with Gasteiger partial charge in [0.1, 0.15) is 12.4 Å². The molecule has 186 valence electrons. The number of aliphatic hydroxyl groups excluding tert-OH is 1. The highest BCUT2D eigenvalue weighted by Gasteiger charge is 2.29. The molecule has 3 N–H and O–H groups in total. The average molecular weight is 487 g/mol. The predicted molar refractivity (Wildman–Crippen MR) is 140 cm³/mol. The van der Waals surface area contributed by atoms with E-state index in [0.717, 1.165) is 46.7 Å². The van der Waals surface area contributed by atoms with Crippen molar-refractivity contribution in [1.82, 2.24) is 14.8 Å². The van der Waals surface area contributed by atoms with Crippen LogP contribution in [0.3, 0.4) is 0 Å². The Morgan fingerprint density at radius 3 is 2.69 bits per heavy atom. The SMILES string of the molecule is Cc1c(C(=O)N2CCN(C)CC2)c[nH]c1/C=C1\C(=O)Nc2cccc(-c3cccc(OCCO)c3)c21. The summed E-state index contributed by atoms with van der Waals surface area (Å²) >= 11 is 0. The molecule has 0 spiro atoms. The largest absolute Gasteiger partial charge is 0.491 e. The molecule has 0 bridgehead atoms. The molecule has 2 aromatic carbocycles. The lowest BCUT2D eigenvalue weighted by Gasteiger charge is -2.32. The molecule has 1 aromatic heterocycles. The number of ether oxygens (including phenoxy) is 1. The fraction of sp³-hybridized carbons (Fsp3) is 0.286. The molecule has 2 amide bonds. The van der Waals surface area contributed by atoms with E-state index in [1.54, 1.807) is 6.20 Å². The van der Waals surface area contributed by atoms with Crippen LogP contribution in [0.1, 0.15) is 27.2 Å². The minimum atomic E-state index is -0.189. The lowest BCUT2D eigenvalue weighted by Crippen LogP contribution is -2.47. The molecule has 0 radical (unpaired) electrons. The molecule has 8 nitrogen and oxygen atoms in total. The van der Waals surface area contributed by atoms with Gasteiger partial charge in [-0.2, -0.15) is 0 Å². The molecule has 1 saturated heterocycles. The number of piperazine rings is 1. The number of aromatic nitrogens is 1. The van der Waals surface area contributed by atoms with E-state index >= 15 is 0 Å². The van der Waals surface area contributed by atoms with Gasteiger partial charge in [-0.15, -0.1) is 0 Å². The smallest absolute Gasteiger partial charge is 0.256 e. The van der Waals surface area contributed by atoms with Gasteiger partial charge in [0.15, 0.2) is 0 Å². The highest BCUT2D eigenvalue weighted by molar-refractivity contribution is 6.36. The minimum Gasteiger partial charge on any atom is -0.491 e. The first-order valence-electron chi connectivity index (χ1n) is 12.1. The van der Waals surface area contributed by atoms with Crippen LogP contribution in [0.15, 0.2) is 48.7 Å². The van der Waals surface area contributed by atoms with Crippen molar-refractivity contribution in [3.63, 3.8) is 0 Å². The van der Waals surface area contributed by atoms with Gasteiger partial charge in [-0.1, -0.05) is 24.3 Å². The normalized spacial score (nSPS) is 16.8. The van der Waals surface area contributed by atoms with E-state index in [0.29, 0.717) is 30.0 Å². The first kappa shape index (κ1) is 23.8. The van der Waals surface area contributed by atoms with Gasteiger partial charge >= 0.3 is 0 Å². The molecule has 3 heterocycles. The number of anilines is 1. The molecule has 2 aliphatic heterocycles. The van der Waals surface area contributed by atoms with E-state index in [1.807, 2.05) is 60.4 Å². The van der Waals surface area contributed by atoms with Gasteiger partial charge in [-0.05, 0) is 54.9 Å². The second-order valence-electron chi connectivity index (χ2n) is 9.18. The molecule has 36 heavy (non-hydrogen) atoms. The number of hydrogen-bond donors (Lipinski definition) is 3. The summed E-state index contributed by atoms with van der Waals surface area (Å²) in [4.78, 5) is 33.5. The van der Waals surface area contributed by atoms with Crippen molar-refractivity contribution in [3.05, 3.63) is 71.0 Å². The van der Waals surface area contributed by atoms with Crippen molar-refractivity contribution in [2.45, 2.75) is 6.92 Å². The first-order chi connectivity index (χ1) is 17.5. The van der Waals surface area contributed by atoms with Crippen LogP contribution >= 0.6 is 0 Å². The number of carbonyl (C=O) groups is 2. The van der Waals surface area contributed by atoms with E-state index in [4.69, 9.17) is 9.84 Å². The number of amides is 2. The minimum absolute atomic E-state index is 0.0122. The van der Waals surface area contributed by atoms with Crippen molar-refractivity contribution >= 4 is 29.2 Å². The third-order valence-corrected chi connectivity index (χ3v) is 6.82. The summed E-state index contributed by atoms with van der Waals surface area (Å²) in [6.07, 6.45) is 3.57. The first-order valence-corrected chi connectivity index (χ1v) is 12.1. The summed E-state index contributed by atoms with van der Waals surface area (Å²) < 4.78 is 5.59. The molecular weight excluding hydrogens is 456 g/mol. The number of nitrogens with one attached hydrogen (secondary N) is 2. The Labute approximate surface area is 210 Å². The van der Waals surface area contributed by atoms with Crippen LogP contribution in [-0.2, 0) is 4.79 Å². The Kier molecular flexibility index (Phi) is 6.63. The van der Waals surface area contributed by atoms with Crippen molar-refractivity contribution in [3.8, 4) is 16.9 Å². The van der Waals surface area contributed by atoms with Crippen LogP contribution in [0, 0.1) is 6.92 Å². The van der Waals surface area contributed by atoms with Gasteiger partial charge in [-0.25, -0.2) is 0 Å². The number of carbonyl (C=O) groups excluding carboxylic acids is 2. The third kappa shape index (κ3) is 4.53. The average Bonchev–Trinajstić information content (AvgIpc) is 3.42. The Morgan fingerprint density at radius 2 is 1.92 bits per heavy atom. The van der Waals surface area contributed by atoms with Crippen molar-refractivity contribution in [2.24, 2.45) is 0 Å². The monoisotopic (exact) mass is 486 g/mol. The Morgan fingerprint density at radius 1 is 1.14 bits per heavy atom. The van der Waals surface area contributed by atoms with Crippen LogP contribution in [0.25, 0.3) is 22.8 Å². The third-order valence-electron chi connectivity index (χ3n) is 6.82. The summed E-state index contributed by atoms with van der Waals surface area (Å²) in [5.41, 5.74) is 6.07. The quantitative estimate of drug-likeness (QED) is 0.465. The Bertz CT molecular complexity index is 1340. The number of hydrogen-bond acceptors (Lipinski definition) is 5. The van der Waals surface area contributed by atoms with Gasteiger partial charge in [0.05, 0.1) is 17.7 Å².